The van der Waals surface area contributed by atoms with E-state index in [9.17, 15) is 36.7 Å². The second-order valence-corrected chi connectivity index (χ2v) is 16.4. The highest BCUT2D eigenvalue weighted by Crippen LogP contribution is 2.35. The van der Waals surface area contributed by atoms with Crippen molar-refractivity contribution in [1.82, 2.24) is 20.7 Å². The van der Waals surface area contributed by atoms with Crippen LogP contribution in [0.5, 0.6) is 0 Å². The smallest absolute Gasteiger partial charge is 0.234 e. The molecule has 3 aliphatic carbocycles. The number of halogens is 2. The Kier molecular flexibility index (Phi) is 16.4. The molecule has 0 aromatic heterocycles. The number of rotatable bonds is 17. The lowest BCUT2D eigenvalue weighted by molar-refractivity contribution is -0.138. The van der Waals surface area contributed by atoms with E-state index in [4.69, 9.17) is 5.14 Å². The molecule has 11 nitrogen and oxygen atoms in total. The first-order valence-corrected chi connectivity index (χ1v) is 20.0. The summed E-state index contributed by atoms with van der Waals surface area (Å²) in [5.74, 6) is -2.57. The number of sulfonamides is 1. The first-order valence-electron chi connectivity index (χ1n) is 18.3. The summed E-state index contributed by atoms with van der Waals surface area (Å²) in [7, 11) is -4.06. The molecule has 0 spiro atoms. The van der Waals surface area contributed by atoms with Crippen LogP contribution in [0, 0.1) is 23.7 Å². The summed E-state index contributed by atoms with van der Waals surface area (Å²) < 4.78 is 53.8. The lowest BCUT2D eigenvalue weighted by Gasteiger charge is -2.37. The molecule has 0 aromatic carbocycles. The number of carbonyl (C=O) groups excluding carboxylic acids is 3. The number of nitrogens with one attached hydrogen (secondary N) is 2. The van der Waals surface area contributed by atoms with Gasteiger partial charge in [0, 0.05) is 50.9 Å². The maximum Gasteiger partial charge on any atom is 0.234 e. The number of hydrogen-bond donors (Lipinski definition) is 4. The Morgan fingerprint density at radius 3 is 2.04 bits per heavy atom. The molecule has 3 fully saturated rings. The third-order valence-electron chi connectivity index (χ3n) is 10.5. The Morgan fingerprint density at radius 1 is 0.875 bits per heavy atom. The summed E-state index contributed by atoms with van der Waals surface area (Å²) in [4.78, 5) is 42.0. The van der Waals surface area contributed by atoms with Gasteiger partial charge < -0.3 is 15.3 Å². The summed E-state index contributed by atoms with van der Waals surface area (Å²) in [6.45, 7) is 7.13. The highest BCUT2D eigenvalue weighted by atomic mass is 32.2. The Morgan fingerprint density at radius 2 is 1.48 bits per heavy atom. The lowest BCUT2D eigenvalue weighted by Crippen LogP contribution is -2.55. The van der Waals surface area contributed by atoms with Gasteiger partial charge in [-0.1, -0.05) is 40.0 Å². The van der Waals surface area contributed by atoms with Crippen molar-refractivity contribution in [2.24, 2.45) is 28.8 Å². The van der Waals surface area contributed by atoms with Crippen LogP contribution in [-0.4, -0.2) is 97.1 Å². The fraction of sp³-hybridized carbons (Fsp3) is 0.912. The molecule has 0 bridgehead atoms. The molecule has 278 valence electrons. The summed E-state index contributed by atoms with van der Waals surface area (Å²) in [6.07, 6.45) is 3.66. The number of carbonyl (C=O) groups is 3. The summed E-state index contributed by atoms with van der Waals surface area (Å²) >= 11 is 0. The topological polar surface area (TPSA) is 162 Å². The van der Waals surface area contributed by atoms with Gasteiger partial charge in [0.2, 0.25) is 27.7 Å². The average molecular weight is 706 g/mol. The van der Waals surface area contributed by atoms with Crippen LogP contribution >= 0.6 is 0 Å². The number of alkyl halides is 2. The van der Waals surface area contributed by atoms with Crippen molar-refractivity contribution in [1.29, 1.82) is 0 Å². The van der Waals surface area contributed by atoms with Gasteiger partial charge >= 0.3 is 0 Å². The minimum absolute atomic E-state index is 0.0291. The van der Waals surface area contributed by atoms with Gasteiger partial charge in [0.1, 0.15) is 12.3 Å². The number of nitrogens with zero attached hydrogens (tertiary/aromatic N) is 2. The van der Waals surface area contributed by atoms with Crippen molar-refractivity contribution in [3.05, 3.63) is 0 Å². The Labute approximate surface area is 286 Å². The summed E-state index contributed by atoms with van der Waals surface area (Å²) in [5, 5.41) is 20.5. The molecular weight excluding hydrogens is 644 g/mol. The predicted octanol–water partition coefficient (Wildman–Crippen LogP) is 3.74. The molecule has 3 amide bonds. The minimum atomic E-state index is -4.06. The van der Waals surface area contributed by atoms with Gasteiger partial charge in [-0.25, -0.2) is 27.3 Å². The van der Waals surface area contributed by atoms with E-state index in [0.29, 0.717) is 32.0 Å². The Hall–Kier alpha value is -1.90. The van der Waals surface area contributed by atoms with E-state index >= 15 is 0 Å². The normalized spacial score (nSPS) is 28.4. The molecule has 0 saturated heterocycles. The zero-order chi connectivity index (χ0) is 35.4. The number of hydrogen-bond acceptors (Lipinski definition) is 7. The van der Waals surface area contributed by atoms with E-state index in [2.05, 4.69) is 10.7 Å². The molecule has 7 atom stereocenters. The SMILES string of the molecule is CCCN(CCC)C(=O)C1CC(C(=O)NC(CC2CC(F)CC(F)C2)C(O)CN(CC)NC(=O)CC2CCCCC2)CC(S(N)(=O)=O)C1. The molecule has 48 heavy (non-hydrogen) atoms. The zero-order valence-corrected chi connectivity index (χ0v) is 30.1. The van der Waals surface area contributed by atoms with E-state index in [0.717, 1.165) is 38.5 Å². The Bertz CT molecular complexity index is 1130. The van der Waals surface area contributed by atoms with E-state index in [1.54, 1.807) is 9.91 Å². The summed E-state index contributed by atoms with van der Waals surface area (Å²) in [5.41, 5.74) is 2.88. The second kappa shape index (κ2) is 19.5. The van der Waals surface area contributed by atoms with Crippen LogP contribution < -0.4 is 15.9 Å². The molecule has 14 heteroatoms. The third kappa shape index (κ3) is 12.8. The second-order valence-electron chi connectivity index (χ2n) is 14.6. The van der Waals surface area contributed by atoms with Gasteiger partial charge in [-0.2, -0.15) is 0 Å². The van der Waals surface area contributed by atoms with Crippen LogP contribution in [0.2, 0.25) is 0 Å². The van der Waals surface area contributed by atoms with Crippen molar-refractivity contribution in [3.63, 3.8) is 0 Å². The maximum absolute atomic E-state index is 14.4. The maximum atomic E-state index is 14.4. The quantitative estimate of drug-likeness (QED) is 0.168. The third-order valence-corrected chi connectivity index (χ3v) is 11.8. The monoisotopic (exact) mass is 705 g/mol. The zero-order valence-electron chi connectivity index (χ0n) is 29.3. The number of primary sulfonamides is 1. The minimum Gasteiger partial charge on any atom is -0.390 e. The molecule has 3 saturated carbocycles. The molecular formula is C34H61F2N5O6S. The first kappa shape index (κ1) is 40.5. The molecule has 0 aliphatic heterocycles. The van der Waals surface area contributed by atoms with Crippen LogP contribution in [0.15, 0.2) is 0 Å². The van der Waals surface area contributed by atoms with E-state index in [-0.39, 0.29) is 63.3 Å². The van der Waals surface area contributed by atoms with Crippen molar-refractivity contribution in [2.75, 3.05) is 26.2 Å². The van der Waals surface area contributed by atoms with Gasteiger partial charge in [-0.05, 0) is 76.0 Å². The Balaban J connectivity index is 1.77. The first-order chi connectivity index (χ1) is 22.7. The highest BCUT2D eigenvalue weighted by Gasteiger charge is 2.43. The molecule has 7 unspecified atom stereocenters. The highest BCUT2D eigenvalue weighted by molar-refractivity contribution is 7.89. The van der Waals surface area contributed by atoms with Crippen molar-refractivity contribution in [2.45, 2.75) is 147 Å². The van der Waals surface area contributed by atoms with E-state index in [1.807, 2.05) is 20.8 Å². The van der Waals surface area contributed by atoms with Crippen molar-refractivity contribution < 1.29 is 36.7 Å². The number of aliphatic hydroxyl groups is 1. The number of hydrazine groups is 1. The van der Waals surface area contributed by atoms with Crippen molar-refractivity contribution >= 4 is 27.7 Å². The number of amides is 3. The molecule has 0 heterocycles. The van der Waals surface area contributed by atoms with Gasteiger partial charge in [0.15, 0.2) is 0 Å². The van der Waals surface area contributed by atoms with Crippen LogP contribution in [0.3, 0.4) is 0 Å². The van der Waals surface area contributed by atoms with Crippen LogP contribution in [0.4, 0.5) is 8.78 Å². The molecule has 0 aromatic rings. The average Bonchev–Trinajstić information content (AvgIpc) is 3.03. The van der Waals surface area contributed by atoms with Gasteiger partial charge in [0.25, 0.3) is 0 Å². The fourth-order valence-corrected chi connectivity index (χ4v) is 9.02. The van der Waals surface area contributed by atoms with E-state index < -0.39 is 63.4 Å². The largest absolute Gasteiger partial charge is 0.390 e. The molecule has 0 radical (unpaired) electrons. The van der Waals surface area contributed by atoms with Crippen LogP contribution in [0.25, 0.3) is 0 Å². The van der Waals surface area contributed by atoms with Crippen LogP contribution in [0.1, 0.15) is 117 Å². The van der Waals surface area contributed by atoms with Crippen molar-refractivity contribution in [3.8, 4) is 0 Å². The standard InChI is InChI=1S/C34H61F2N5O6S/c1-4-12-40(13-5-2)34(45)26-18-25(19-29(20-26)48(37,46)47)33(44)38-30(16-24-14-27(35)21-28(36)15-24)31(42)22-41(6-3)39-32(43)17-23-10-8-7-9-11-23/h23-31,42H,4-22H2,1-3H3,(H,38,44)(H,39,43)(H2,37,46,47). The number of nitrogens with two attached hydrogens (primary N) is 1. The number of aliphatic hydroxyl groups excluding tert-OH is 1. The summed E-state index contributed by atoms with van der Waals surface area (Å²) in [6, 6.07) is -0.926. The van der Waals surface area contributed by atoms with Gasteiger partial charge in [-0.3, -0.25) is 19.8 Å². The number of likely N-dealkylation sites (N-methyl/N-ethyl adjacent to an activating group) is 1. The molecule has 5 N–H and O–H groups in total. The predicted molar refractivity (Wildman–Crippen MR) is 181 cm³/mol. The molecule has 3 rings (SSSR count). The molecule has 3 aliphatic rings. The van der Waals surface area contributed by atoms with E-state index in [1.165, 1.54) is 6.42 Å². The van der Waals surface area contributed by atoms with Gasteiger partial charge in [0.05, 0.1) is 17.4 Å². The van der Waals surface area contributed by atoms with Crippen LogP contribution in [-0.2, 0) is 24.4 Å². The fourth-order valence-electron chi connectivity index (χ4n) is 8.02. The van der Waals surface area contributed by atoms with Gasteiger partial charge in [-0.15, -0.1) is 0 Å². The lowest BCUT2D eigenvalue weighted by atomic mass is 9.79.